The van der Waals surface area contributed by atoms with Gasteiger partial charge in [-0.05, 0) is 0 Å². The van der Waals surface area contributed by atoms with Crippen LogP contribution in [0.2, 0.25) is 5.02 Å². The summed E-state index contributed by atoms with van der Waals surface area (Å²) >= 11 is 7.88. The van der Waals surface area contributed by atoms with E-state index < -0.39 is 7.12 Å². The Balaban J connectivity index is 2.06. The first-order valence-electron chi connectivity index (χ1n) is 6.90. The third-order valence-corrected chi connectivity index (χ3v) is 5.33. The zero-order valence-corrected chi connectivity index (χ0v) is 15.8. The second-order valence-electron chi connectivity index (χ2n) is 6.42. The van der Waals surface area contributed by atoms with Crippen molar-refractivity contribution < 1.29 is 9.31 Å². The molecule has 0 N–H and O–H groups in total. The van der Waals surface area contributed by atoms with Gasteiger partial charge in [0.1, 0.15) is 0 Å². The third kappa shape index (κ3) is 2.63. The molecule has 3 nitrogen and oxygen atoms in total. The summed E-state index contributed by atoms with van der Waals surface area (Å²) in [5, 5.41) is 2.71. The molecule has 1 aromatic carbocycles. The fraction of sp³-hybridized carbons (Fsp3) is 0.400. The number of rotatable bonds is 1. The zero-order valence-electron chi connectivity index (χ0n) is 12.6. The first-order valence-corrected chi connectivity index (χ1v) is 8.49. The van der Waals surface area contributed by atoms with E-state index in [4.69, 9.17) is 20.9 Å². The Hall–Kier alpha value is -0.537. The van der Waals surface area contributed by atoms with Crippen molar-refractivity contribution in [2.24, 2.45) is 0 Å². The summed E-state index contributed by atoms with van der Waals surface area (Å²) in [4.78, 5) is 4.32. The fourth-order valence-corrected chi connectivity index (χ4v) is 3.18. The van der Waals surface area contributed by atoms with Gasteiger partial charge in [-0.1, -0.05) is 0 Å². The molecule has 21 heavy (non-hydrogen) atoms. The molecule has 110 valence electrons. The van der Waals surface area contributed by atoms with Gasteiger partial charge in [0, 0.05) is 0 Å². The van der Waals surface area contributed by atoms with E-state index in [1.54, 1.807) is 0 Å². The van der Waals surface area contributed by atoms with Gasteiger partial charge in [0.15, 0.2) is 0 Å². The molecule has 1 fully saturated rings. The quantitative estimate of drug-likeness (QED) is 0.717. The van der Waals surface area contributed by atoms with Crippen LogP contribution in [0.4, 0.5) is 0 Å². The molecule has 0 bridgehead atoms. The predicted octanol–water partition coefficient (Wildman–Crippen LogP) is 1.45. The summed E-state index contributed by atoms with van der Waals surface area (Å²) in [6, 6.07) is 6.04. The monoisotopic (exact) mass is 365 g/mol. The van der Waals surface area contributed by atoms with E-state index in [0.717, 1.165) is 20.7 Å². The van der Waals surface area contributed by atoms with Crippen LogP contribution < -0.4 is 9.94 Å². The summed E-state index contributed by atoms with van der Waals surface area (Å²) in [7, 11) is -0.393. The molecule has 1 aromatic heterocycles. The number of aromatic nitrogens is 1. The Morgan fingerprint density at radius 2 is 1.71 bits per heavy atom. The minimum absolute atomic E-state index is 0.351. The SMILES string of the molecule is CC1(C)OB(c2cc(Cl)c3cnc([AsH2])cc3c2)OC1(C)C. The van der Waals surface area contributed by atoms with Crippen molar-refractivity contribution in [1.82, 2.24) is 4.98 Å². The third-order valence-electron chi connectivity index (χ3n) is 4.36. The Bertz CT molecular complexity index is 704. The summed E-state index contributed by atoms with van der Waals surface area (Å²) in [6.45, 7) is 8.19. The molecule has 6 heteroatoms. The summed E-state index contributed by atoms with van der Waals surface area (Å²) in [5.41, 5.74) is 0.247. The van der Waals surface area contributed by atoms with E-state index in [1.165, 1.54) is 16.9 Å². The van der Waals surface area contributed by atoms with Crippen LogP contribution >= 0.6 is 11.6 Å². The molecule has 1 aliphatic rings. The molecule has 0 saturated carbocycles. The van der Waals surface area contributed by atoms with Crippen molar-refractivity contribution in [3.63, 3.8) is 0 Å². The van der Waals surface area contributed by atoms with Crippen LogP contribution in [0.5, 0.6) is 0 Å². The molecule has 1 unspecified atom stereocenters. The first-order chi connectivity index (χ1) is 9.69. The number of hydrogen-bond donors (Lipinski definition) is 0. The standard InChI is InChI=1S/C15H18AsBClNO2/c1-14(2)15(3,4)21-17(20-14)10-5-9-6-13(16)19-8-11(9)12(18)7-10/h5-8H,16H2,1-4H3. The van der Waals surface area contributed by atoms with Crippen molar-refractivity contribution in [1.29, 1.82) is 0 Å². The average molecular weight is 366 g/mol. The molecular weight excluding hydrogens is 347 g/mol. The van der Waals surface area contributed by atoms with Gasteiger partial charge in [-0.2, -0.15) is 0 Å². The molecular formula is C15H18AsBClNO2. The maximum atomic E-state index is 6.39. The number of pyridine rings is 1. The topological polar surface area (TPSA) is 31.4 Å². The van der Waals surface area contributed by atoms with Gasteiger partial charge >= 0.3 is 139 Å². The van der Waals surface area contributed by atoms with Gasteiger partial charge in [0.05, 0.1) is 0 Å². The Morgan fingerprint density at radius 3 is 2.33 bits per heavy atom. The van der Waals surface area contributed by atoms with Gasteiger partial charge in [0.25, 0.3) is 0 Å². The molecule has 2 aromatic rings. The number of fused-ring (bicyclic) bond motifs is 1. The van der Waals surface area contributed by atoms with Gasteiger partial charge in [-0.15, -0.1) is 0 Å². The fourth-order valence-electron chi connectivity index (χ4n) is 2.37. The van der Waals surface area contributed by atoms with E-state index in [1.807, 2.05) is 40.0 Å². The van der Waals surface area contributed by atoms with E-state index in [0.29, 0.717) is 5.02 Å². The van der Waals surface area contributed by atoms with E-state index in [-0.39, 0.29) is 11.2 Å². The predicted molar refractivity (Wildman–Crippen MR) is 90.6 cm³/mol. The Morgan fingerprint density at radius 1 is 1.10 bits per heavy atom. The van der Waals surface area contributed by atoms with Crippen molar-refractivity contribution in [3.8, 4) is 0 Å². The molecule has 2 heterocycles. The Labute approximate surface area is 139 Å². The van der Waals surface area contributed by atoms with Crippen LogP contribution in [0.25, 0.3) is 10.8 Å². The summed E-state index contributed by atoms with van der Waals surface area (Å²) < 4.78 is 13.2. The molecule has 1 saturated heterocycles. The molecule has 0 spiro atoms. The van der Waals surface area contributed by atoms with Crippen LogP contribution in [0.1, 0.15) is 27.7 Å². The summed E-state index contributed by atoms with van der Waals surface area (Å²) in [5.74, 6) is 0. The summed E-state index contributed by atoms with van der Waals surface area (Å²) in [6.07, 6.45) is 1.82. The number of nitrogens with zero attached hydrogens (tertiary/aromatic N) is 1. The molecule has 0 aliphatic carbocycles. The molecule has 3 rings (SSSR count). The normalized spacial score (nSPS) is 20.2. The van der Waals surface area contributed by atoms with Crippen LogP contribution in [-0.2, 0) is 9.31 Å². The molecule has 1 aliphatic heterocycles. The molecule has 0 radical (unpaired) electrons. The number of hydrogen-bond acceptors (Lipinski definition) is 3. The molecule has 1 atom stereocenters. The Kier molecular flexibility index (Phi) is 3.65. The van der Waals surface area contributed by atoms with Crippen LogP contribution in [-0.4, -0.2) is 40.2 Å². The second kappa shape index (κ2) is 4.99. The van der Waals surface area contributed by atoms with Gasteiger partial charge < -0.3 is 0 Å². The minimum atomic E-state index is -0.393. The van der Waals surface area contributed by atoms with E-state index >= 15 is 0 Å². The molecule has 0 amide bonds. The zero-order chi connectivity index (χ0) is 15.4. The van der Waals surface area contributed by atoms with Crippen molar-refractivity contribution >= 4 is 56.3 Å². The second-order valence-corrected chi connectivity index (χ2v) is 8.07. The first kappa shape index (κ1) is 15.4. The maximum absolute atomic E-state index is 6.39. The van der Waals surface area contributed by atoms with Crippen molar-refractivity contribution in [2.75, 3.05) is 0 Å². The number of benzene rings is 1. The number of halogens is 1. The van der Waals surface area contributed by atoms with Crippen LogP contribution in [0, 0.1) is 0 Å². The van der Waals surface area contributed by atoms with Crippen LogP contribution in [0.3, 0.4) is 0 Å². The van der Waals surface area contributed by atoms with E-state index in [2.05, 4.69) is 17.1 Å². The average Bonchev–Trinajstić information content (AvgIpc) is 2.57. The van der Waals surface area contributed by atoms with Gasteiger partial charge in [-0.3, -0.25) is 0 Å². The van der Waals surface area contributed by atoms with Crippen molar-refractivity contribution in [3.05, 3.63) is 29.4 Å². The van der Waals surface area contributed by atoms with Crippen molar-refractivity contribution in [2.45, 2.75) is 38.9 Å². The van der Waals surface area contributed by atoms with E-state index in [9.17, 15) is 0 Å². The van der Waals surface area contributed by atoms with Gasteiger partial charge in [-0.25, -0.2) is 0 Å². The van der Waals surface area contributed by atoms with Crippen LogP contribution in [0.15, 0.2) is 24.4 Å². The van der Waals surface area contributed by atoms with Gasteiger partial charge in [0.2, 0.25) is 0 Å².